The number of aryl methyl sites for hydroxylation is 1. The number of carbonyl (C=O) groups excluding carboxylic acids is 1. The number of aromatic nitrogens is 3. The van der Waals surface area contributed by atoms with Gasteiger partial charge < -0.3 is 9.47 Å². The largest absolute Gasteiger partial charge is 0.333 e. The minimum absolute atomic E-state index is 0.236. The van der Waals surface area contributed by atoms with E-state index in [0.717, 1.165) is 31.0 Å². The number of hydrogen-bond acceptors (Lipinski definition) is 3. The van der Waals surface area contributed by atoms with Crippen LogP contribution in [0.2, 0.25) is 0 Å². The lowest BCUT2D eigenvalue weighted by Gasteiger charge is -2.32. The maximum absolute atomic E-state index is 12.6. The molecule has 5 heteroatoms. The normalized spacial score (nSPS) is 20.0. The van der Waals surface area contributed by atoms with Crippen LogP contribution in [-0.2, 0) is 17.8 Å². The van der Waals surface area contributed by atoms with E-state index in [9.17, 15) is 4.79 Å². The summed E-state index contributed by atoms with van der Waals surface area (Å²) in [7, 11) is 0. The van der Waals surface area contributed by atoms with E-state index < -0.39 is 0 Å². The molecule has 1 amide bonds. The second-order valence-corrected chi connectivity index (χ2v) is 7.08. The van der Waals surface area contributed by atoms with E-state index in [0.29, 0.717) is 18.9 Å². The molecular weight excluding hydrogens is 300 g/mol. The Labute approximate surface area is 142 Å². The molecule has 24 heavy (non-hydrogen) atoms. The number of benzene rings is 1. The summed E-state index contributed by atoms with van der Waals surface area (Å²) in [4.78, 5) is 14.5. The van der Waals surface area contributed by atoms with E-state index in [1.807, 2.05) is 23.1 Å². The Bertz CT molecular complexity index is 720. The van der Waals surface area contributed by atoms with Crippen LogP contribution in [0.3, 0.4) is 0 Å². The SMILES string of the molecule is C[C@H]1CN(C(=O)CCCc2ccccc2)Cc2nnc(C3CC3)n21. The third kappa shape index (κ3) is 3.07. The van der Waals surface area contributed by atoms with Gasteiger partial charge in [-0.3, -0.25) is 4.79 Å². The Morgan fingerprint density at radius 3 is 2.75 bits per heavy atom. The van der Waals surface area contributed by atoms with Crippen LogP contribution in [0.25, 0.3) is 0 Å². The average molecular weight is 324 g/mol. The van der Waals surface area contributed by atoms with E-state index >= 15 is 0 Å². The molecule has 1 aromatic carbocycles. The first kappa shape index (κ1) is 15.4. The second kappa shape index (κ2) is 6.38. The van der Waals surface area contributed by atoms with Gasteiger partial charge in [-0.25, -0.2) is 0 Å². The maximum Gasteiger partial charge on any atom is 0.223 e. The molecule has 1 saturated carbocycles. The fourth-order valence-corrected chi connectivity index (χ4v) is 3.62. The standard InChI is InChI=1S/C19H24N4O/c1-14-12-22(13-17-20-21-19(23(14)17)16-10-11-16)18(24)9-5-8-15-6-3-2-4-7-15/h2-4,6-7,14,16H,5,8-13H2,1H3/t14-/m0/s1. The lowest BCUT2D eigenvalue weighted by Crippen LogP contribution is -2.40. The van der Waals surface area contributed by atoms with Crippen molar-refractivity contribution in [2.24, 2.45) is 0 Å². The predicted octanol–water partition coefficient (Wildman–Crippen LogP) is 3.08. The molecule has 0 saturated heterocycles. The monoisotopic (exact) mass is 324 g/mol. The van der Waals surface area contributed by atoms with Crippen LogP contribution in [0.15, 0.2) is 30.3 Å². The molecule has 2 aliphatic rings. The Kier molecular flexibility index (Phi) is 4.08. The van der Waals surface area contributed by atoms with Crippen molar-refractivity contribution in [2.45, 2.75) is 57.5 Å². The van der Waals surface area contributed by atoms with Crippen molar-refractivity contribution >= 4 is 5.91 Å². The molecule has 1 aliphatic heterocycles. The summed E-state index contributed by atoms with van der Waals surface area (Å²) >= 11 is 0. The third-order valence-electron chi connectivity index (χ3n) is 5.04. The van der Waals surface area contributed by atoms with E-state index in [-0.39, 0.29) is 11.9 Å². The Morgan fingerprint density at radius 1 is 1.21 bits per heavy atom. The smallest absolute Gasteiger partial charge is 0.223 e. The average Bonchev–Trinajstić information content (AvgIpc) is 3.35. The van der Waals surface area contributed by atoms with Crippen LogP contribution < -0.4 is 0 Å². The van der Waals surface area contributed by atoms with Crippen molar-refractivity contribution in [3.05, 3.63) is 47.5 Å². The second-order valence-electron chi connectivity index (χ2n) is 7.08. The van der Waals surface area contributed by atoms with Crippen molar-refractivity contribution in [3.8, 4) is 0 Å². The molecule has 1 fully saturated rings. The van der Waals surface area contributed by atoms with Gasteiger partial charge >= 0.3 is 0 Å². The van der Waals surface area contributed by atoms with Crippen molar-refractivity contribution in [1.82, 2.24) is 19.7 Å². The molecule has 0 bridgehead atoms. The van der Waals surface area contributed by atoms with Gasteiger partial charge in [0.05, 0.1) is 12.6 Å². The number of rotatable bonds is 5. The van der Waals surface area contributed by atoms with Crippen LogP contribution in [0.5, 0.6) is 0 Å². The highest BCUT2D eigenvalue weighted by Gasteiger charge is 2.35. The summed E-state index contributed by atoms with van der Waals surface area (Å²) in [5.41, 5.74) is 1.30. The molecule has 2 heterocycles. The molecule has 126 valence electrons. The van der Waals surface area contributed by atoms with E-state index in [1.54, 1.807) is 0 Å². The molecule has 1 aromatic heterocycles. The summed E-state index contributed by atoms with van der Waals surface area (Å²) in [6.45, 7) is 3.55. The van der Waals surface area contributed by atoms with Gasteiger partial charge in [0, 0.05) is 18.9 Å². The molecule has 5 nitrogen and oxygen atoms in total. The highest BCUT2D eigenvalue weighted by atomic mass is 16.2. The Hall–Kier alpha value is -2.17. The van der Waals surface area contributed by atoms with Gasteiger partial charge in [-0.05, 0) is 38.2 Å². The van der Waals surface area contributed by atoms with Gasteiger partial charge in [0.2, 0.25) is 5.91 Å². The van der Waals surface area contributed by atoms with E-state index in [4.69, 9.17) is 0 Å². The van der Waals surface area contributed by atoms with Crippen molar-refractivity contribution in [2.75, 3.05) is 6.54 Å². The number of hydrogen-bond donors (Lipinski definition) is 0. The molecule has 0 unspecified atom stereocenters. The van der Waals surface area contributed by atoms with Crippen molar-refractivity contribution in [1.29, 1.82) is 0 Å². The number of fused-ring (bicyclic) bond motifs is 1. The van der Waals surface area contributed by atoms with Crippen molar-refractivity contribution < 1.29 is 4.79 Å². The Balaban J connectivity index is 1.35. The molecular formula is C19H24N4O. The van der Waals surface area contributed by atoms with Crippen LogP contribution in [-0.4, -0.2) is 32.1 Å². The molecule has 4 rings (SSSR count). The van der Waals surface area contributed by atoms with Crippen LogP contribution >= 0.6 is 0 Å². The van der Waals surface area contributed by atoms with E-state index in [1.165, 1.54) is 18.4 Å². The van der Waals surface area contributed by atoms with Gasteiger partial charge in [-0.2, -0.15) is 0 Å². The zero-order chi connectivity index (χ0) is 16.5. The quantitative estimate of drug-likeness (QED) is 0.849. The highest BCUT2D eigenvalue weighted by molar-refractivity contribution is 5.76. The summed E-state index contributed by atoms with van der Waals surface area (Å²) in [6, 6.07) is 10.6. The first-order valence-electron chi connectivity index (χ1n) is 8.97. The van der Waals surface area contributed by atoms with E-state index in [2.05, 4.69) is 33.8 Å². The summed E-state index contributed by atoms with van der Waals surface area (Å²) in [5, 5.41) is 8.73. The van der Waals surface area contributed by atoms with Gasteiger partial charge in [0.1, 0.15) is 5.82 Å². The van der Waals surface area contributed by atoms with Gasteiger partial charge in [-0.15, -0.1) is 10.2 Å². The molecule has 0 spiro atoms. The van der Waals surface area contributed by atoms with Gasteiger partial charge in [0.15, 0.2) is 5.82 Å². The first-order chi connectivity index (χ1) is 11.7. The first-order valence-corrected chi connectivity index (χ1v) is 8.97. The van der Waals surface area contributed by atoms with Gasteiger partial charge in [-0.1, -0.05) is 30.3 Å². The number of amides is 1. The fraction of sp³-hybridized carbons (Fsp3) is 0.526. The van der Waals surface area contributed by atoms with Gasteiger partial charge in [0.25, 0.3) is 0 Å². The topological polar surface area (TPSA) is 51.0 Å². The van der Waals surface area contributed by atoms with Crippen LogP contribution in [0.1, 0.15) is 61.8 Å². The molecule has 1 atom stereocenters. The highest BCUT2D eigenvalue weighted by Crippen LogP contribution is 2.41. The predicted molar refractivity (Wildman–Crippen MR) is 91.5 cm³/mol. The summed E-state index contributed by atoms with van der Waals surface area (Å²) in [6.07, 6.45) is 4.91. The van der Waals surface area contributed by atoms with Crippen molar-refractivity contribution in [3.63, 3.8) is 0 Å². The zero-order valence-corrected chi connectivity index (χ0v) is 14.2. The van der Waals surface area contributed by atoms with Crippen LogP contribution in [0.4, 0.5) is 0 Å². The minimum Gasteiger partial charge on any atom is -0.333 e. The molecule has 2 aromatic rings. The molecule has 0 N–H and O–H groups in total. The summed E-state index contributed by atoms with van der Waals surface area (Å²) < 4.78 is 2.27. The lowest BCUT2D eigenvalue weighted by molar-refractivity contribution is -0.133. The zero-order valence-electron chi connectivity index (χ0n) is 14.2. The number of carbonyl (C=O) groups is 1. The van der Waals surface area contributed by atoms with Crippen LogP contribution in [0, 0.1) is 0 Å². The molecule has 0 radical (unpaired) electrons. The number of nitrogens with zero attached hydrogens (tertiary/aromatic N) is 4. The fourth-order valence-electron chi connectivity index (χ4n) is 3.62. The maximum atomic E-state index is 12.6. The molecule has 1 aliphatic carbocycles. The Morgan fingerprint density at radius 2 is 2.00 bits per heavy atom. The summed E-state index contributed by atoms with van der Waals surface area (Å²) in [5.74, 6) is 2.92. The minimum atomic E-state index is 0.236. The third-order valence-corrected chi connectivity index (χ3v) is 5.04. The lowest BCUT2D eigenvalue weighted by atomic mass is 10.1.